The fourth-order valence-corrected chi connectivity index (χ4v) is 2.73. The molecule has 0 radical (unpaired) electrons. The molecule has 0 heterocycles. The number of carbonyl (C=O) groups excluding carboxylic acids is 1. The fraction of sp³-hybridized carbons (Fsp3) is 0.105. The summed E-state index contributed by atoms with van der Waals surface area (Å²) in [6.45, 7) is 0. The van der Waals surface area contributed by atoms with Crippen LogP contribution in [0.15, 0.2) is 60.7 Å². The molecular formula is C19H19N3O. The number of amides is 1. The van der Waals surface area contributed by atoms with Crippen molar-refractivity contribution >= 4 is 33.7 Å². The molecule has 116 valence electrons. The molecule has 3 N–H and O–H groups in total. The lowest BCUT2D eigenvalue weighted by Gasteiger charge is -2.20. The molecule has 0 saturated heterocycles. The van der Waals surface area contributed by atoms with Gasteiger partial charge in [0.2, 0.25) is 0 Å². The van der Waals surface area contributed by atoms with Gasteiger partial charge >= 0.3 is 0 Å². The van der Waals surface area contributed by atoms with Crippen LogP contribution in [-0.4, -0.2) is 20.0 Å². The average Bonchev–Trinajstić information content (AvgIpc) is 2.60. The fourth-order valence-electron chi connectivity index (χ4n) is 2.73. The van der Waals surface area contributed by atoms with Crippen LogP contribution in [0.5, 0.6) is 0 Å². The monoisotopic (exact) mass is 305 g/mol. The number of rotatable bonds is 3. The Balaban J connectivity index is 2.00. The zero-order valence-electron chi connectivity index (χ0n) is 13.2. The predicted octanol–water partition coefficient (Wildman–Crippen LogP) is 3.74. The van der Waals surface area contributed by atoms with Crippen LogP contribution in [0, 0.1) is 0 Å². The Kier molecular flexibility index (Phi) is 3.89. The van der Waals surface area contributed by atoms with Crippen molar-refractivity contribution in [2.24, 2.45) is 0 Å². The quantitative estimate of drug-likeness (QED) is 0.725. The maximum Gasteiger partial charge on any atom is 0.258 e. The van der Waals surface area contributed by atoms with E-state index in [2.05, 4.69) is 5.32 Å². The van der Waals surface area contributed by atoms with Crippen molar-refractivity contribution < 1.29 is 4.79 Å². The highest BCUT2D eigenvalue weighted by Gasteiger charge is 2.16. The minimum Gasteiger partial charge on any atom is -0.397 e. The second kappa shape index (κ2) is 6.01. The van der Waals surface area contributed by atoms with Gasteiger partial charge in [-0.05, 0) is 29.7 Å². The third-order valence-corrected chi connectivity index (χ3v) is 4.00. The molecule has 0 fully saturated rings. The molecule has 0 aromatic heterocycles. The molecule has 23 heavy (non-hydrogen) atoms. The van der Waals surface area contributed by atoms with Gasteiger partial charge in [-0.15, -0.1) is 0 Å². The van der Waals surface area contributed by atoms with Gasteiger partial charge in [-0.2, -0.15) is 0 Å². The number of hydrogen-bond donors (Lipinski definition) is 2. The molecule has 0 aliphatic rings. The summed E-state index contributed by atoms with van der Waals surface area (Å²) in [4.78, 5) is 14.5. The largest absolute Gasteiger partial charge is 0.397 e. The lowest BCUT2D eigenvalue weighted by molar-refractivity contribution is 0.0993. The molecule has 0 saturated carbocycles. The summed E-state index contributed by atoms with van der Waals surface area (Å²) in [5, 5.41) is 5.15. The molecule has 3 rings (SSSR count). The van der Waals surface area contributed by atoms with Crippen molar-refractivity contribution in [1.82, 2.24) is 0 Å². The molecule has 0 aliphatic carbocycles. The summed E-state index contributed by atoms with van der Waals surface area (Å²) in [6.07, 6.45) is 0. The summed E-state index contributed by atoms with van der Waals surface area (Å²) < 4.78 is 0. The first-order valence-corrected chi connectivity index (χ1v) is 7.45. The number of nitrogens with two attached hydrogens (primary N) is 1. The Morgan fingerprint density at radius 2 is 1.78 bits per heavy atom. The first-order chi connectivity index (χ1) is 11.1. The maximum absolute atomic E-state index is 12.8. The van der Waals surface area contributed by atoms with Crippen LogP contribution in [-0.2, 0) is 0 Å². The lowest BCUT2D eigenvalue weighted by Crippen LogP contribution is -2.26. The van der Waals surface area contributed by atoms with Crippen molar-refractivity contribution in [2.45, 2.75) is 0 Å². The van der Waals surface area contributed by atoms with Crippen molar-refractivity contribution in [3.05, 3.63) is 66.2 Å². The Bertz CT molecular complexity index is 868. The molecule has 0 aliphatic heterocycles. The van der Waals surface area contributed by atoms with Crippen molar-refractivity contribution in [1.29, 1.82) is 0 Å². The van der Waals surface area contributed by atoms with E-state index in [1.807, 2.05) is 48.5 Å². The molecule has 0 atom stereocenters. The highest BCUT2D eigenvalue weighted by molar-refractivity contribution is 6.11. The van der Waals surface area contributed by atoms with Gasteiger partial charge in [0.25, 0.3) is 5.91 Å². The third-order valence-electron chi connectivity index (χ3n) is 4.00. The Morgan fingerprint density at radius 1 is 1.04 bits per heavy atom. The van der Waals surface area contributed by atoms with E-state index in [-0.39, 0.29) is 5.91 Å². The highest BCUT2D eigenvalue weighted by atomic mass is 16.2. The van der Waals surface area contributed by atoms with Gasteiger partial charge in [-0.1, -0.05) is 36.4 Å². The van der Waals surface area contributed by atoms with Crippen LogP contribution in [0.4, 0.5) is 17.1 Å². The summed E-state index contributed by atoms with van der Waals surface area (Å²) in [5.74, 6) is -0.0873. The second-order valence-corrected chi connectivity index (χ2v) is 5.41. The summed E-state index contributed by atoms with van der Waals surface area (Å²) >= 11 is 0. The van der Waals surface area contributed by atoms with Crippen LogP contribution >= 0.6 is 0 Å². The number of nitrogens with one attached hydrogen (secondary N) is 1. The van der Waals surface area contributed by atoms with E-state index in [1.54, 1.807) is 31.1 Å². The Hall–Kier alpha value is -3.01. The second-order valence-electron chi connectivity index (χ2n) is 5.41. The standard InChI is InChI=1S/C19H19N3O/c1-21-17-11-10-14(12-16(17)20)19(23)22(2)18-9-5-7-13-6-3-4-8-15(13)18/h3-12,21H,20H2,1-2H3. The van der Waals surface area contributed by atoms with Gasteiger partial charge in [-0.25, -0.2) is 0 Å². The molecule has 1 amide bonds. The topological polar surface area (TPSA) is 58.4 Å². The summed E-state index contributed by atoms with van der Waals surface area (Å²) in [5.41, 5.74) is 8.79. The SMILES string of the molecule is CNc1ccc(C(=O)N(C)c2cccc3ccccc23)cc1N. The average molecular weight is 305 g/mol. The van der Waals surface area contributed by atoms with Gasteiger partial charge < -0.3 is 16.0 Å². The van der Waals surface area contributed by atoms with Crippen LogP contribution < -0.4 is 16.0 Å². The van der Waals surface area contributed by atoms with E-state index in [1.165, 1.54) is 0 Å². The Morgan fingerprint density at radius 3 is 2.52 bits per heavy atom. The van der Waals surface area contributed by atoms with Crippen LogP contribution in [0.25, 0.3) is 10.8 Å². The van der Waals surface area contributed by atoms with E-state index in [0.29, 0.717) is 11.3 Å². The van der Waals surface area contributed by atoms with Crippen LogP contribution in [0.1, 0.15) is 10.4 Å². The number of hydrogen-bond acceptors (Lipinski definition) is 3. The number of nitrogen functional groups attached to an aromatic ring is 1. The third kappa shape index (κ3) is 2.71. The van der Waals surface area contributed by atoms with E-state index in [0.717, 1.165) is 22.1 Å². The van der Waals surface area contributed by atoms with Crippen LogP contribution in [0.2, 0.25) is 0 Å². The minimum atomic E-state index is -0.0873. The van der Waals surface area contributed by atoms with Gasteiger partial charge in [0, 0.05) is 25.0 Å². The highest BCUT2D eigenvalue weighted by Crippen LogP contribution is 2.28. The van der Waals surface area contributed by atoms with E-state index < -0.39 is 0 Å². The number of fused-ring (bicyclic) bond motifs is 1. The molecule has 0 bridgehead atoms. The van der Waals surface area contributed by atoms with E-state index in [4.69, 9.17) is 5.73 Å². The normalized spacial score (nSPS) is 10.5. The van der Waals surface area contributed by atoms with Crippen molar-refractivity contribution in [2.75, 3.05) is 30.0 Å². The Labute approximate surface area is 135 Å². The number of nitrogens with zero attached hydrogens (tertiary/aromatic N) is 1. The van der Waals surface area contributed by atoms with E-state index >= 15 is 0 Å². The van der Waals surface area contributed by atoms with Crippen molar-refractivity contribution in [3.63, 3.8) is 0 Å². The van der Waals surface area contributed by atoms with Gasteiger partial charge in [0.05, 0.1) is 17.1 Å². The number of anilines is 3. The number of benzene rings is 3. The van der Waals surface area contributed by atoms with Crippen LogP contribution in [0.3, 0.4) is 0 Å². The minimum absolute atomic E-state index is 0.0873. The first kappa shape index (κ1) is 14.9. The smallest absolute Gasteiger partial charge is 0.258 e. The molecule has 0 spiro atoms. The number of carbonyl (C=O) groups is 1. The molecule has 4 nitrogen and oxygen atoms in total. The molecule has 3 aromatic rings. The van der Waals surface area contributed by atoms with Gasteiger partial charge in [0.15, 0.2) is 0 Å². The summed E-state index contributed by atoms with van der Waals surface area (Å²) in [7, 11) is 3.59. The molecule has 3 aromatic carbocycles. The summed E-state index contributed by atoms with van der Waals surface area (Å²) in [6, 6.07) is 19.3. The van der Waals surface area contributed by atoms with E-state index in [9.17, 15) is 4.79 Å². The zero-order valence-corrected chi connectivity index (χ0v) is 13.2. The van der Waals surface area contributed by atoms with Crippen molar-refractivity contribution in [3.8, 4) is 0 Å². The zero-order chi connectivity index (χ0) is 16.4. The molecule has 4 heteroatoms. The van der Waals surface area contributed by atoms with Gasteiger partial charge in [0.1, 0.15) is 0 Å². The van der Waals surface area contributed by atoms with Gasteiger partial charge in [-0.3, -0.25) is 4.79 Å². The maximum atomic E-state index is 12.8. The predicted molar refractivity (Wildman–Crippen MR) is 97.1 cm³/mol. The lowest BCUT2D eigenvalue weighted by atomic mass is 10.1. The molecule has 0 unspecified atom stereocenters. The first-order valence-electron chi connectivity index (χ1n) is 7.45. The molecular weight excluding hydrogens is 286 g/mol.